The van der Waals surface area contributed by atoms with Crippen molar-refractivity contribution < 1.29 is 19.0 Å². The molecule has 28 heavy (non-hydrogen) atoms. The van der Waals surface area contributed by atoms with E-state index in [0.29, 0.717) is 47.8 Å². The molecule has 1 aromatic carbocycles. The zero-order chi connectivity index (χ0) is 20.7. The molecule has 2 rings (SSSR count). The van der Waals surface area contributed by atoms with Crippen molar-refractivity contribution in [2.45, 2.75) is 53.4 Å². The van der Waals surface area contributed by atoms with Gasteiger partial charge in [-0.15, -0.1) is 10.2 Å². The smallest absolute Gasteiger partial charge is 0.257 e. The summed E-state index contributed by atoms with van der Waals surface area (Å²) < 4.78 is 17.0. The Morgan fingerprint density at radius 2 is 1.57 bits per heavy atom. The third-order valence-corrected chi connectivity index (χ3v) is 5.48. The number of aromatic nitrogens is 2. The highest BCUT2D eigenvalue weighted by Gasteiger charge is 2.24. The van der Waals surface area contributed by atoms with Crippen LogP contribution in [0.15, 0.2) is 12.1 Å². The minimum atomic E-state index is -0.304. The van der Waals surface area contributed by atoms with Gasteiger partial charge in [-0.25, -0.2) is 0 Å². The Kier molecular flexibility index (Phi) is 7.62. The average Bonchev–Trinajstić information content (AvgIpc) is 3.14. The summed E-state index contributed by atoms with van der Waals surface area (Å²) >= 11 is 1.39. The zero-order valence-electron chi connectivity index (χ0n) is 17.4. The molecule has 0 atom stereocenters. The van der Waals surface area contributed by atoms with Crippen molar-refractivity contribution in [3.63, 3.8) is 0 Å². The van der Waals surface area contributed by atoms with Gasteiger partial charge in [-0.1, -0.05) is 32.1 Å². The van der Waals surface area contributed by atoms with Gasteiger partial charge in [-0.05, 0) is 39.3 Å². The SMILES string of the molecule is CCOc1cc(C(=O)Nc2nnc(C(C)(C)CC)s2)cc(OCC)c1OCC. The number of rotatable bonds is 10. The third kappa shape index (κ3) is 5.13. The van der Waals surface area contributed by atoms with Crippen LogP contribution in [-0.4, -0.2) is 35.9 Å². The van der Waals surface area contributed by atoms with Crippen molar-refractivity contribution in [3.8, 4) is 17.2 Å². The van der Waals surface area contributed by atoms with E-state index in [0.717, 1.165) is 11.4 Å². The van der Waals surface area contributed by atoms with Gasteiger partial charge in [0.2, 0.25) is 10.9 Å². The molecule has 0 bridgehead atoms. The van der Waals surface area contributed by atoms with E-state index in [9.17, 15) is 4.79 Å². The predicted molar refractivity (Wildman–Crippen MR) is 111 cm³/mol. The molecule has 1 aromatic heterocycles. The lowest BCUT2D eigenvalue weighted by molar-refractivity contribution is 0.102. The summed E-state index contributed by atoms with van der Waals surface area (Å²) in [6.45, 7) is 13.3. The van der Waals surface area contributed by atoms with Gasteiger partial charge in [-0.3, -0.25) is 10.1 Å². The van der Waals surface area contributed by atoms with Crippen molar-refractivity contribution in [2.24, 2.45) is 0 Å². The monoisotopic (exact) mass is 407 g/mol. The summed E-state index contributed by atoms with van der Waals surface area (Å²) in [6, 6.07) is 3.31. The summed E-state index contributed by atoms with van der Waals surface area (Å²) in [4.78, 5) is 12.8. The quantitative estimate of drug-likeness (QED) is 0.616. The number of hydrogen-bond acceptors (Lipinski definition) is 7. The van der Waals surface area contributed by atoms with Crippen LogP contribution in [-0.2, 0) is 5.41 Å². The van der Waals surface area contributed by atoms with Crippen molar-refractivity contribution in [2.75, 3.05) is 25.1 Å². The molecule has 7 nitrogen and oxygen atoms in total. The fraction of sp³-hybridized carbons (Fsp3) is 0.550. The van der Waals surface area contributed by atoms with Crippen LogP contribution in [0.25, 0.3) is 0 Å². The summed E-state index contributed by atoms with van der Waals surface area (Å²) in [6.07, 6.45) is 0.934. The first-order chi connectivity index (χ1) is 13.4. The summed E-state index contributed by atoms with van der Waals surface area (Å²) in [5.41, 5.74) is 0.325. The van der Waals surface area contributed by atoms with E-state index < -0.39 is 0 Å². The molecule has 1 N–H and O–H groups in total. The maximum Gasteiger partial charge on any atom is 0.257 e. The third-order valence-electron chi connectivity index (χ3n) is 4.28. The number of hydrogen-bond donors (Lipinski definition) is 1. The van der Waals surface area contributed by atoms with E-state index in [2.05, 4.69) is 36.3 Å². The minimum absolute atomic E-state index is 0.0793. The van der Waals surface area contributed by atoms with Crippen LogP contribution in [0, 0.1) is 0 Å². The molecule has 0 unspecified atom stereocenters. The Hall–Kier alpha value is -2.35. The number of benzene rings is 1. The van der Waals surface area contributed by atoms with Gasteiger partial charge >= 0.3 is 0 Å². The van der Waals surface area contributed by atoms with Crippen LogP contribution in [0.1, 0.15) is 63.3 Å². The molecule has 1 amide bonds. The number of ether oxygens (including phenoxy) is 3. The van der Waals surface area contributed by atoms with Crippen LogP contribution < -0.4 is 19.5 Å². The van der Waals surface area contributed by atoms with Gasteiger partial charge in [0.15, 0.2) is 11.5 Å². The first kappa shape index (κ1) is 21.9. The summed E-state index contributed by atoms with van der Waals surface area (Å²) in [5.74, 6) is 1.16. The Morgan fingerprint density at radius 1 is 1.00 bits per heavy atom. The van der Waals surface area contributed by atoms with E-state index in [1.807, 2.05) is 20.8 Å². The van der Waals surface area contributed by atoms with Gasteiger partial charge in [0, 0.05) is 11.0 Å². The molecule has 8 heteroatoms. The topological polar surface area (TPSA) is 82.6 Å². The van der Waals surface area contributed by atoms with Gasteiger partial charge in [0.05, 0.1) is 19.8 Å². The Morgan fingerprint density at radius 3 is 2.07 bits per heavy atom. The lowest BCUT2D eigenvalue weighted by Crippen LogP contribution is -2.14. The Balaban J connectivity index is 2.31. The van der Waals surface area contributed by atoms with Crippen LogP contribution in [0.3, 0.4) is 0 Å². The van der Waals surface area contributed by atoms with Gasteiger partial charge < -0.3 is 14.2 Å². The second kappa shape index (κ2) is 9.73. The lowest BCUT2D eigenvalue weighted by Gasteiger charge is -2.17. The predicted octanol–water partition coefficient (Wildman–Crippen LogP) is 4.67. The zero-order valence-corrected chi connectivity index (χ0v) is 18.2. The number of nitrogens with one attached hydrogen (secondary N) is 1. The summed E-state index contributed by atoms with van der Waals surface area (Å²) in [7, 11) is 0. The van der Waals surface area contributed by atoms with Crippen LogP contribution in [0.2, 0.25) is 0 Å². The number of carbonyl (C=O) groups excluding carboxylic acids is 1. The molecule has 0 spiro atoms. The van der Waals surface area contributed by atoms with Gasteiger partial charge in [0.25, 0.3) is 5.91 Å². The Bertz CT molecular complexity index is 777. The molecule has 0 aliphatic rings. The van der Waals surface area contributed by atoms with Crippen molar-refractivity contribution in [3.05, 3.63) is 22.7 Å². The average molecular weight is 408 g/mol. The highest BCUT2D eigenvalue weighted by atomic mass is 32.1. The summed E-state index contributed by atoms with van der Waals surface area (Å²) in [5, 5.41) is 12.5. The maximum absolute atomic E-state index is 12.8. The molecule has 0 aliphatic heterocycles. The van der Waals surface area contributed by atoms with Gasteiger partial charge in [-0.2, -0.15) is 0 Å². The van der Waals surface area contributed by atoms with Crippen molar-refractivity contribution >= 4 is 22.4 Å². The molecule has 0 saturated heterocycles. The number of anilines is 1. The van der Waals surface area contributed by atoms with Crippen LogP contribution in [0.4, 0.5) is 5.13 Å². The van der Waals surface area contributed by atoms with Crippen molar-refractivity contribution in [1.29, 1.82) is 0 Å². The van der Waals surface area contributed by atoms with Crippen LogP contribution in [0.5, 0.6) is 17.2 Å². The minimum Gasteiger partial charge on any atom is -0.490 e. The fourth-order valence-electron chi connectivity index (χ4n) is 2.39. The van der Waals surface area contributed by atoms with E-state index in [4.69, 9.17) is 14.2 Å². The molecule has 0 saturated carbocycles. The highest BCUT2D eigenvalue weighted by molar-refractivity contribution is 7.15. The van der Waals surface area contributed by atoms with Gasteiger partial charge in [0.1, 0.15) is 5.01 Å². The normalized spacial score (nSPS) is 11.2. The maximum atomic E-state index is 12.8. The molecule has 0 radical (unpaired) electrons. The van der Waals surface area contributed by atoms with E-state index in [-0.39, 0.29) is 11.3 Å². The van der Waals surface area contributed by atoms with E-state index >= 15 is 0 Å². The molecule has 1 heterocycles. The molecule has 2 aromatic rings. The highest BCUT2D eigenvalue weighted by Crippen LogP contribution is 2.39. The molecular weight excluding hydrogens is 378 g/mol. The largest absolute Gasteiger partial charge is 0.490 e. The first-order valence-electron chi connectivity index (χ1n) is 9.57. The van der Waals surface area contributed by atoms with Crippen LogP contribution >= 0.6 is 11.3 Å². The number of carbonyl (C=O) groups is 1. The number of nitrogens with zero attached hydrogens (tertiary/aromatic N) is 2. The molecule has 154 valence electrons. The van der Waals surface area contributed by atoms with E-state index in [1.54, 1.807) is 12.1 Å². The Labute approximate surface area is 170 Å². The number of amides is 1. The first-order valence-corrected chi connectivity index (χ1v) is 10.4. The second-order valence-electron chi connectivity index (χ2n) is 6.70. The molecule has 0 aliphatic carbocycles. The van der Waals surface area contributed by atoms with Crippen molar-refractivity contribution in [1.82, 2.24) is 10.2 Å². The second-order valence-corrected chi connectivity index (χ2v) is 7.68. The molecular formula is C20H29N3O4S. The fourth-order valence-corrected chi connectivity index (χ4v) is 3.30. The lowest BCUT2D eigenvalue weighted by atomic mass is 9.91. The standard InChI is InChI=1S/C20H29N3O4S/c1-7-20(5,6)18-22-23-19(28-18)21-17(24)13-11-14(25-8-2)16(27-10-4)15(12-13)26-9-3/h11-12H,7-10H2,1-6H3,(H,21,23,24). The molecule has 0 fully saturated rings. The van der Waals surface area contributed by atoms with E-state index in [1.165, 1.54) is 11.3 Å².